The Morgan fingerprint density at radius 2 is 1.53 bits per heavy atom. The van der Waals surface area contributed by atoms with E-state index in [9.17, 15) is 4.79 Å². The zero-order valence-corrected chi connectivity index (χ0v) is 26.3. The number of piperidine rings is 1. The van der Waals surface area contributed by atoms with Crippen LogP contribution in [0.5, 0.6) is 0 Å². The van der Waals surface area contributed by atoms with Crippen molar-refractivity contribution < 1.29 is 18.7 Å². The fourth-order valence-corrected chi connectivity index (χ4v) is 7.80. The lowest BCUT2D eigenvalue weighted by molar-refractivity contribution is 0.0800. The number of rotatable bonds is 7. The van der Waals surface area contributed by atoms with Gasteiger partial charge in [0, 0.05) is 63.3 Å². The van der Waals surface area contributed by atoms with Crippen molar-refractivity contribution in [1.82, 2.24) is 10.2 Å². The molecule has 7 heteroatoms. The fourth-order valence-electron chi connectivity index (χ4n) is 7.80. The van der Waals surface area contributed by atoms with E-state index in [1.54, 1.807) is 6.07 Å². The maximum absolute atomic E-state index is 15.6. The lowest BCUT2D eigenvalue weighted by Crippen LogP contribution is -2.50. The summed E-state index contributed by atoms with van der Waals surface area (Å²) in [5.41, 5.74) is 4.31. The molecule has 4 saturated heterocycles. The minimum Gasteiger partial charge on any atom is -0.381 e. The van der Waals surface area contributed by atoms with Gasteiger partial charge >= 0.3 is 6.03 Å². The molecule has 234 valence electrons. The van der Waals surface area contributed by atoms with E-state index in [2.05, 4.69) is 55.3 Å². The van der Waals surface area contributed by atoms with Gasteiger partial charge in [-0.05, 0) is 97.4 Å². The quantitative estimate of drug-likeness (QED) is 0.371. The van der Waals surface area contributed by atoms with Crippen molar-refractivity contribution in [2.75, 3.05) is 37.9 Å². The van der Waals surface area contributed by atoms with Gasteiger partial charge in [0.1, 0.15) is 5.82 Å². The lowest BCUT2D eigenvalue weighted by Gasteiger charge is -2.41. The van der Waals surface area contributed by atoms with Crippen molar-refractivity contribution in [2.45, 2.75) is 108 Å². The zero-order chi connectivity index (χ0) is 30.0. The Morgan fingerprint density at radius 3 is 2.14 bits per heavy atom. The fraction of sp³-hybridized carbons (Fsp3) is 0.639. The van der Waals surface area contributed by atoms with E-state index in [4.69, 9.17) is 9.47 Å². The normalized spacial score (nSPS) is 25.5. The number of carbonyl (C=O) groups is 1. The molecule has 2 amide bonds. The smallest absolute Gasteiger partial charge is 0.322 e. The number of urea groups is 1. The first-order valence-electron chi connectivity index (χ1n) is 16.6. The van der Waals surface area contributed by atoms with Crippen LogP contribution in [0.4, 0.5) is 14.9 Å². The molecule has 0 saturated carbocycles. The molecule has 4 fully saturated rings. The third kappa shape index (κ3) is 7.26. The van der Waals surface area contributed by atoms with Crippen molar-refractivity contribution in [3.8, 4) is 0 Å². The molecule has 1 N–H and O–H groups in total. The van der Waals surface area contributed by atoms with Gasteiger partial charge in [0.15, 0.2) is 0 Å². The van der Waals surface area contributed by atoms with Crippen molar-refractivity contribution in [3.63, 3.8) is 0 Å². The van der Waals surface area contributed by atoms with E-state index in [1.165, 1.54) is 24.0 Å². The number of benzene rings is 2. The Bertz CT molecular complexity index is 1220. The average molecular weight is 592 g/mol. The summed E-state index contributed by atoms with van der Waals surface area (Å²) in [7, 11) is 0. The molecule has 2 aromatic rings. The predicted molar refractivity (Wildman–Crippen MR) is 169 cm³/mol. The summed E-state index contributed by atoms with van der Waals surface area (Å²) in [5.74, 6) is 0.355. The van der Waals surface area contributed by atoms with Gasteiger partial charge in [0.05, 0.1) is 0 Å². The number of hydrogen-bond acceptors (Lipinski definition) is 4. The molecule has 4 aliphatic rings. The largest absolute Gasteiger partial charge is 0.381 e. The molecular formula is C36H50FN3O3. The van der Waals surface area contributed by atoms with E-state index in [1.807, 2.05) is 17.0 Å². The third-order valence-electron chi connectivity index (χ3n) is 10.4. The van der Waals surface area contributed by atoms with Crippen LogP contribution in [0, 0.1) is 11.7 Å². The number of amides is 2. The van der Waals surface area contributed by atoms with Gasteiger partial charge in [-0.2, -0.15) is 0 Å². The number of nitrogens with one attached hydrogen (secondary N) is 1. The van der Waals surface area contributed by atoms with Gasteiger partial charge in [0.25, 0.3) is 0 Å². The van der Waals surface area contributed by atoms with Crippen LogP contribution in [0.2, 0.25) is 0 Å². The second kappa shape index (κ2) is 13.3. The number of anilines is 1. The Kier molecular flexibility index (Phi) is 9.41. The van der Waals surface area contributed by atoms with Gasteiger partial charge in [0.2, 0.25) is 0 Å². The lowest BCUT2D eigenvalue weighted by atomic mass is 9.86. The van der Waals surface area contributed by atoms with Crippen LogP contribution >= 0.6 is 0 Å². The molecule has 0 radical (unpaired) electrons. The SMILES string of the molecule is CC(C)(C)c1ccc(CN2C3CCC2CC(CN(C(=O)NC2CCOCC2)c2ccc(C4CCOCC4)c(F)c2)C3)cc1. The molecule has 0 spiro atoms. The van der Waals surface area contributed by atoms with Gasteiger partial charge in [-0.3, -0.25) is 9.80 Å². The monoisotopic (exact) mass is 591 g/mol. The molecule has 4 aliphatic heterocycles. The molecule has 4 heterocycles. The van der Waals surface area contributed by atoms with E-state index in [-0.39, 0.29) is 29.2 Å². The number of carbonyl (C=O) groups excluding carboxylic acids is 1. The van der Waals surface area contributed by atoms with Crippen LogP contribution in [0.3, 0.4) is 0 Å². The minimum atomic E-state index is -0.208. The van der Waals surface area contributed by atoms with Crippen LogP contribution < -0.4 is 10.2 Å². The van der Waals surface area contributed by atoms with Gasteiger partial charge in [-0.25, -0.2) is 9.18 Å². The van der Waals surface area contributed by atoms with Crippen LogP contribution in [-0.2, 0) is 21.4 Å². The predicted octanol–water partition coefficient (Wildman–Crippen LogP) is 7.16. The Balaban J connectivity index is 1.15. The van der Waals surface area contributed by atoms with Crippen molar-refractivity contribution >= 4 is 11.7 Å². The minimum absolute atomic E-state index is 0.0952. The highest BCUT2D eigenvalue weighted by Crippen LogP contribution is 2.41. The van der Waals surface area contributed by atoms with Gasteiger partial charge in [-0.15, -0.1) is 0 Å². The number of hydrogen-bond donors (Lipinski definition) is 1. The Morgan fingerprint density at radius 1 is 0.907 bits per heavy atom. The Hall–Kier alpha value is -2.48. The highest BCUT2D eigenvalue weighted by molar-refractivity contribution is 5.92. The van der Waals surface area contributed by atoms with Gasteiger partial charge < -0.3 is 14.8 Å². The van der Waals surface area contributed by atoms with Crippen LogP contribution in [0.1, 0.15) is 94.7 Å². The van der Waals surface area contributed by atoms with Crippen molar-refractivity contribution in [2.24, 2.45) is 5.92 Å². The summed E-state index contributed by atoms with van der Waals surface area (Å²) in [6, 6.07) is 15.7. The molecule has 43 heavy (non-hydrogen) atoms. The number of halogens is 1. The van der Waals surface area contributed by atoms with E-state index in [0.717, 1.165) is 50.6 Å². The molecule has 0 aromatic heterocycles. The summed E-state index contributed by atoms with van der Waals surface area (Å²) in [6.07, 6.45) is 7.87. The Labute approximate surface area is 257 Å². The number of fused-ring (bicyclic) bond motifs is 2. The van der Waals surface area contributed by atoms with Gasteiger partial charge in [-0.1, -0.05) is 51.1 Å². The maximum Gasteiger partial charge on any atom is 0.322 e. The molecule has 6 rings (SSSR count). The van der Waals surface area contributed by atoms with Crippen LogP contribution in [-0.4, -0.2) is 62.0 Å². The standard InChI is InChI=1S/C36H50FN3O3/c1-36(2,3)28-6-4-25(5-7-28)23-39-30-8-9-31(39)21-26(20-30)24-40(35(41)38-29-14-18-43-19-15-29)32-10-11-33(34(37)22-32)27-12-16-42-17-13-27/h4-7,10-11,22,26-27,29-31H,8-9,12-21,23-24H2,1-3H3,(H,38,41). The second-order valence-electron chi connectivity index (χ2n) is 14.4. The molecule has 2 bridgehead atoms. The zero-order valence-electron chi connectivity index (χ0n) is 26.3. The first kappa shape index (κ1) is 30.5. The highest BCUT2D eigenvalue weighted by atomic mass is 19.1. The van der Waals surface area contributed by atoms with Crippen LogP contribution in [0.25, 0.3) is 0 Å². The number of nitrogens with zero attached hydrogens (tertiary/aromatic N) is 2. The maximum atomic E-state index is 15.6. The molecule has 2 atom stereocenters. The summed E-state index contributed by atoms with van der Waals surface area (Å²) in [4.78, 5) is 18.3. The number of ether oxygens (including phenoxy) is 2. The third-order valence-corrected chi connectivity index (χ3v) is 10.4. The topological polar surface area (TPSA) is 54.0 Å². The molecule has 2 aromatic carbocycles. The molecular weight excluding hydrogens is 541 g/mol. The molecule has 0 aliphatic carbocycles. The summed E-state index contributed by atoms with van der Waals surface area (Å²) in [5, 5.41) is 3.26. The summed E-state index contributed by atoms with van der Waals surface area (Å²) in [6.45, 7) is 11.1. The van der Waals surface area contributed by atoms with E-state index < -0.39 is 0 Å². The van der Waals surface area contributed by atoms with Crippen molar-refractivity contribution in [1.29, 1.82) is 0 Å². The van der Waals surface area contributed by atoms with E-state index >= 15 is 4.39 Å². The summed E-state index contributed by atoms with van der Waals surface area (Å²) >= 11 is 0. The molecule has 2 unspecified atom stereocenters. The molecule has 6 nitrogen and oxygen atoms in total. The summed E-state index contributed by atoms with van der Waals surface area (Å²) < 4.78 is 26.6. The first-order valence-corrected chi connectivity index (χ1v) is 16.6. The van der Waals surface area contributed by atoms with E-state index in [0.29, 0.717) is 56.7 Å². The highest BCUT2D eigenvalue weighted by Gasteiger charge is 2.41. The first-order chi connectivity index (χ1) is 20.7. The average Bonchev–Trinajstić information content (AvgIpc) is 3.22. The van der Waals surface area contributed by atoms with Crippen molar-refractivity contribution in [3.05, 3.63) is 65.0 Å². The van der Waals surface area contributed by atoms with Crippen LogP contribution in [0.15, 0.2) is 42.5 Å². The second-order valence-corrected chi connectivity index (χ2v) is 14.4.